The molecule has 1 fully saturated rings. The van der Waals surface area contributed by atoms with Crippen LogP contribution in [0.4, 0.5) is 0 Å². The molecule has 19 heavy (non-hydrogen) atoms. The van der Waals surface area contributed by atoms with Crippen LogP contribution in [0.25, 0.3) is 0 Å². The Labute approximate surface area is 129 Å². The number of hydrogen-bond donors (Lipinski definition) is 1. The van der Waals surface area contributed by atoms with Gasteiger partial charge in [-0.05, 0) is 11.8 Å². The normalized spacial score (nSPS) is 36.1. The van der Waals surface area contributed by atoms with Crippen LogP contribution < -0.4 is 0 Å². The Morgan fingerprint density at radius 1 is 1.16 bits per heavy atom. The molecule has 0 radical (unpaired) electrons. The molecule has 0 aromatic heterocycles. The molecule has 1 heterocycles. The van der Waals surface area contributed by atoms with E-state index in [1.54, 1.807) is 7.11 Å². The summed E-state index contributed by atoms with van der Waals surface area (Å²) in [5, 5.41) is 7.62. The van der Waals surface area contributed by atoms with Crippen LogP contribution in [0, 0.1) is 23.2 Å². The van der Waals surface area contributed by atoms with Crippen LogP contribution in [-0.4, -0.2) is 35.8 Å². The summed E-state index contributed by atoms with van der Waals surface area (Å²) in [6.07, 6.45) is -0.696. The van der Waals surface area contributed by atoms with E-state index in [-0.39, 0.29) is 12.0 Å². The standard InChI is InChI=1S/C12H20Cl3NO3/c1-6-7(2)9(5-17-4)18-10(8(6)3)19-11(16)12(13,14)15/h6-10,16H,5H2,1-4H3. The van der Waals surface area contributed by atoms with E-state index < -0.39 is 16.0 Å². The Hall–Kier alpha value is 0.260. The van der Waals surface area contributed by atoms with Gasteiger partial charge in [0.1, 0.15) is 0 Å². The first-order chi connectivity index (χ1) is 8.68. The van der Waals surface area contributed by atoms with Gasteiger partial charge >= 0.3 is 0 Å². The van der Waals surface area contributed by atoms with Crippen LogP contribution in [0.15, 0.2) is 0 Å². The second kappa shape index (κ2) is 6.81. The zero-order chi connectivity index (χ0) is 14.8. The summed E-state index contributed by atoms with van der Waals surface area (Å²) in [5.74, 6) is 0.349. The Morgan fingerprint density at radius 2 is 1.74 bits per heavy atom. The van der Waals surface area contributed by atoms with Crippen molar-refractivity contribution in [1.29, 1.82) is 5.41 Å². The molecular weight excluding hydrogens is 312 g/mol. The summed E-state index contributed by atoms with van der Waals surface area (Å²) in [5.41, 5.74) is 0. The lowest BCUT2D eigenvalue weighted by Gasteiger charge is -2.43. The molecule has 7 heteroatoms. The molecule has 5 atom stereocenters. The third kappa shape index (κ3) is 4.36. The van der Waals surface area contributed by atoms with Crippen molar-refractivity contribution in [2.45, 2.75) is 37.0 Å². The van der Waals surface area contributed by atoms with Crippen LogP contribution in [-0.2, 0) is 14.2 Å². The highest BCUT2D eigenvalue weighted by atomic mass is 35.6. The molecule has 1 rings (SSSR count). The summed E-state index contributed by atoms with van der Waals surface area (Å²) >= 11 is 16.8. The van der Waals surface area contributed by atoms with Crippen molar-refractivity contribution in [3.8, 4) is 0 Å². The predicted molar refractivity (Wildman–Crippen MR) is 77.1 cm³/mol. The third-order valence-electron chi connectivity index (χ3n) is 3.81. The van der Waals surface area contributed by atoms with Gasteiger partial charge in [0.2, 0.25) is 12.2 Å². The molecule has 0 aliphatic carbocycles. The smallest absolute Gasteiger partial charge is 0.265 e. The Balaban J connectivity index is 2.74. The van der Waals surface area contributed by atoms with Gasteiger partial charge in [-0.15, -0.1) is 0 Å². The Morgan fingerprint density at radius 3 is 2.21 bits per heavy atom. The van der Waals surface area contributed by atoms with Gasteiger partial charge in [0.25, 0.3) is 3.79 Å². The lowest BCUT2D eigenvalue weighted by Crippen LogP contribution is -2.48. The highest BCUT2D eigenvalue weighted by Gasteiger charge is 2.42. The van der Waals surface area contributed by atoms with Crippen LogP contribution in [0.1, 0.15) is 20.8 Å². The number of hydrogen-bond acceptors (Lipinski definition) is 4. The van der Waals surface area contributed by atoms with Crippen molar-refractivity contribution in [3.05, 3.63) is 0 Å². The summed E-state index contributed by atoms with van der Waals surface area (Å²) < 4.78 is 14.5. The van der Waals surface area contributed by atoms with E-state index in [2.05, 4.69) is 13.8 Å². The first-order valence-electron chi connectivity index (χ1n) is 6.15. The molecule has 0 saturated carbocycles. The Bertz CT molecular complexity index is 322. The second-order valence-electron chi connectivity index (χ2n) is 5.02. The maximum Gasteiger partial charge on any atom is 0.265 e. The third-order valence-corrected chi connectivity index (χ3v) is 4.32. The Kier molecular flexibility index (Phi) is 6.21. The minimum Gasteiger partial charge on any atom is -0.448 e. The van der Waals surface area contributed by atoms with Gasteiger partial charge in [-0.1, -0.05) is 55.6 Å². The number of nitrogens with one attached hydrogen (secondary N) is 1. The van der Waals surface area contributed by atoms with E-state index in [1.165, 1.54) is 0 Å². The van der Waals surface area contributed by atoms with E-state index in [1.807, 2.05) is 6.92 Å². The summed E-state index contributed by atoms with van der Waals surface area (Å²) in [6, 6.07) is 0. The molecule has 0 amide bonds. The van der Waals surface area contributed by atoms with Crippen molar-refractivity contribution in [3.63, 3.8) is 0 Å². The van der Waals surface area contributed by atoms with Gasteiger partial charge < -0.3 is 14.2 Å². The van der Waals surface area contributed by atoms with Crippen LogP contribution in [0.5, 0.6) is 0 Å². The number of rotatable bonds is 3. The molecule has 0 spiro atoms. The van der Waals surface area contributed by atoms with Crippen molar-refractivity contribution in [2.24, 2.45) is 17.8 Å². The lowest BCUT2D eigenvalue weighted by molar-refractivity contribution is -0.227. The summed E-state index contributed by atoms with van der Waals surface area (Å²) in [6.45, 7) is 6.71. The largest absolute Gasteiger partial charge is 0.448 e. The fraction of sp³-hybridized carbons (Fsp3) is 0.917. The monoisotopic (exact) mass is 331 g/mol. The fourth-order valence-corrected chi connectivity index (χ4v) is 2.29. The fourth-order valence-electron chi connectivity index (χ4n) is 2.16. The van der Waals surface area contributed by atoms with E-state index >= 15 is 0 Å². The molecule has 1 saturated heterocycles. The number of ether oxygens (including phenoxy) is 3. The van der Waals surface area contributed by atoms with Gasteiger partial charge in [0.15, 0.2) is 0 Å². The van der Waals surface area contributed by atoms with Gasteiger partial charge in [-0.2, -0.15) is 0 Å². The second-order valence-corrected chi connectivity index (χ2v) is 7.30. The van der Waals surface area contributed by atoms with Gasteiger partial charge in [-0.3, -0.25) is 5.41 Å². The molecule has 0 aromatic carbocycles. The van der Waals surface area contributed by atoms with E-state index in [0.29, 0.717) is 18.4 Å². The maximum atomic E-state index is 7.62. The van der Waals surface area contributed by atoms with Gasteiger partial charge in [0.05, 0.1) is 12.7 Å². The molecular formula is C12H20Cl3NO3. The average Bonchev–Trinajstić information content (AvgIpc) is 2.31. The predicted octanol–water partition coefficient (Wildman–Crippen LogP) is 3.63. The molecule has 1 aliphatic heterocycles. The highest BCUT2D eigenvalue weighted by molar-refractivity contribution is 6.76. The SMILES string of the molecule is COCC1OC(OC(=N)C(Cl)(Cl)Cl)C(C)C(C)C1C. The lowest BCUT2D eigenvalue weighted by atomic mass is 9.79. The zero-order valence-corrected chi connectivity index (χ0v) is 13.7. The first kappa shape index (κ1) is 17.3. The first-order valence-corrected chi connectivity index (χ1v) is 7.28. The molecule has 0 bridgehead atoms. The minimum absolute atomic E-state index is 0.0932. The van der Waals surface area contributed by atoms with Gasteiger partial charge in [0, 0.05) is 13.0 Å². The number of halogens is 3. The summed E-state index contributed by atoms with van der Waals surface area (Å²) in [7, 11) is 1.62. The molecule has 0 aromatic rings. The van der Waals surface area contributed by atoms with Crippen LogP contribution in [0.3, 0.4) is 0 Å². The number of methoxy groups -OCH3 is 1. The topological polar surface area (TPSA) is 51.5 Å². The van der Waals surface area contributed by atoms with Crippen molar-refractivity contribution < 1.29 is 14.2 Å². The highest BCUT2D eigenvalue weighted by Crippen LogP contribution is 2.37. The van der Waals surface area contributed by atoms with E-state index in [4.69, 9.17) is 54.4 Å². The van der Waals surface area contributed by atoms with Crippen LogP contribution >= 0.6 is 34.8 Å². The van der Waals surface area contributed by atoms with Crippen LogP contribution in [0.2, 0.25) is 0 Å². The number of alkyl halides is 3. The van der Waals surface area contributed by atoms with Crippen molar-refractivity contribution >= 4 is 40.7 Å². The van der Waals surface area contributed by atoms with Crippen molar-refractivity contribution in [2.75, 3.05) is 13.7 Å². The van der Waals surface area contributed by atoms with E-state index in [0.717, 1.165) is 0 Å². The summed E-state index contributed by atoms with van der Waals surface area (Å²) in [4.78, 5) is 0. The zero-order valence-electron chi connectivity index (χ0n) is 11.5. The molecule has 1 aliphatic rings. The average molecular weight is 333 g/mol. The molecule has 4 nitrogen and oxygen atoms in total. The van der Waals surface area contributed by atoms with Gasteiger partial charge in [-0.25, -0.2) is 0 Å². The quantitative estimate of drug-likeness (QED) is 0.488. The van der Waals surface area contributed by atoms with E-state index in [9.17, 15) is 0 Å². The maximum absolute atomic E-state index is 7.62. The minimum atomic E-state index is -1.87. The molecule has 1 N–H and O–H groups in total. The molecule has 112 valence electrons. The van der Waals surface area contributed by atoms with Crippen molar-refractivity contribution in [1.82, 2.24) is 0 Å². The molecule has 5 unspecified atom stereocenters.